The molecule has 1 aliphatic rings. The van der Waals surface area contributed by atoms with Gasteiger partial charge in [-0.15, -0.1) is 0 Å². The van der Waals surface area contributed by atoms with Gasteiger partial charge < -0.3 is 4.74 Å². The van der Waals surface area contributed by atoms with Gasteiger partial charge in [0.05, 0.1) is 13.2 Å². The first-order valence-electron chi connectivity index (χ1n) is 7.82. The van der Waals surface area contributed by atoms with Crippen molar-refractivity contribution in [2.24, 2.45) is 0 Å². The Balaban J connectivity index is 2.17. The van der Waals surface area contributed by atoms with E-state index in [1.807, 2.05) is 42.5 Å². The fourth-order valence-electron chi connectivity index (χ4n) is 3.12. The van der Waals surface area contributed by atoms with Gasteiger partial charge in [0.2, 0.25) is 0 Å². The first-order chi connectivity index (χ1) is 11.3. The zero-order valence-corrected chi connectivity index (χ0v) is 13.2. The first-order valence-corrected chi connectivity index (χ1v) is 7.82. The molecule has 3 rings (SSSR count). The standard InChI is InChI=1S/C21H19NO/c1-23-21-19(17-8-4-2-5-9-17)13-12-16(15-22)14-20(21)18-10-6-3-7-11-18/h2-11,14,19H,12-13H2,1H3. The van der Waals surface area contributed by atoms with Crippen molar-refractivity contribution in [3.05, 3.63) is 89.2 Å². The van der Waals surface area contributed by atoms with E-state index in [9.17, 15) is 5.26 Å². The van der Waals surface area contributed by atoms with Crippen LogP contribution < -0.4 is 0 Å². The van der Waals surface area contributed by atoms with E-state index in [2.05, 4.69) is 30.3 Å². The molecule has 0 aliphatic heterocycles. The quantitative estimate of drug-likeness (QED) is 0.792. The molecule has 0 saturated carbocycles. The largest absolute Gasteiger partial charge is 0.500 e. The number of methoxy groups -OCH3 is 1. The molecule has 0 fully saturated rings. The maximum absolute atomic E-state index is 9.41. The Bertz CT molecular complexity index is 766. The number of benzene rings is 2. The van der Waals surface area contributed by atoms with E-state index in [-0.39, 0.29) is 5.92 Å². The molecule has 2 aromatic carbocycles. The Morgan fingerprint density at radius 3 is 2.26 bits per heavy atom. The Kier molecular flexibility index (Phi) is 4.59. The summed E-state index contributed by atoms with van der Waals surface area (Å²) in [4.78, 5) is 0. The zero-order valence-electron chi connectivity index (χ0n) is 13.2. The van der Waals surface area contributed by atoms with Crippen LogP contribution in [-0.4, -0.2) is 7.11 Å². The molecular weight excluding hydrogens is 282 g/mol. The van der Waals surface area contributed by atoms with Gasteiger partial charge in [-0.05, 0) is 30.0 Å². The minimum atomic E-state index is 0.165. The van der Waals surface area contributed by atoms with Crippen LogP contribution in [0.1, 0.15) is 29.9 Å². The van der Waals surface area contributed by atoms with Crippen molar-refractivity contribution in [3.8, 4) is 6.07 Å². The van der Waals surface area contributed by atoms with Gasteiger partial charge in [0.1, 0.15) is 5.76 Å². The molecule has 0 bridgehead atoms. The summed E-state index contributed by atoms with van der Waals surface area (Å²) in [5, 5.41) is 9.41. The van der Waals surface area contributed by atoms with Gasteiger partial charge in [-0.25, -0.2) is 0 Å². The van der Waals surface area contributed by atoms with Crippen LogP contribution in [-0.2, 0) is 4.74 Å². The van der Waals surface area contributed by atoms with E-state index in [1.165, 1.54) is 5.56 Å². The predicted octanol–water partition coefficient (Wildman–Crippen LogP) is 5.07. The monoisotopic (exact) mass is 301 g/mol. The molecule has 2 heteroatoms. The van der Waals surface area contributed by atoms with E-state index in [0.717, 1.165) is 35.3 Å². The molecule has 2 aromatic rings. The highest BCUT2D eigenvalue weighted by Crippen LogP contribution is 2.39. The average molecular weight is 301 g/mol. The third-order valence-electron chi connectivity index (χ3n) is 4.25. The summed E-state index contributed by atoms with van der Waals surface area (Å²) in [5.74, 6) is 1.10. The van der Waals surface area contributed by atoms with E-state index in [1.54, 1.807) is 7.11 Å². The molecule has 1 unspecified atom stereocenters. The number of rotatable bonds is 3. The van der Waals surface area contributed by atoms with Gasteiger partial charge in [-0.2, -0.15) is 5.26 Å². The number of allylic oxidation sites excluding steroid dienone is 4. The normalized spacial score (nSPS) is 17.9. The van der Waals surface area contributed by atoms with E-state index in [0.29, 0.717) is 0 Å². The molecule has 1 atom stereocenters. The second kappa shape index (κ2) is 6.98. The van der Waals surface area contributed by atoms with E-state index >= 15 is 0 Å². The predicted molar refractivity (Wildman–Crippen MR) is 92.5 cm³/mol. The van der Waals surface area contributed by atoms with Crippen molar-refractivity contribution in [1.29, 1.82) is 5.26 Å². The van der Waals surface area contributed by atoms with Crippen molar-refractivity contribution < 1.29 is 4.74 Å². The molecule has 1 aliphatic carbocycles. The van der Waals surface area contributed by atoms with Gasteiger partial charge in [0.25, 0.3) is 0 Å². The highest BCUT2D eigenvalue weighted by molar-refractivity contribution is 5.78. The van der Waals surface area contributed by atoms with Gasteiger partial charge in [0.15, 0.2) is 0 Å². The molecule has 0 heterocycles. The first kappa shape index (κ1) is 15.1. The number of hydrogen-bond acceptors (Lipinski definition) is 2. The molecule has 0 amide bonds. The summed E-state index contributed by atoms with van der Waals surface area (Å²) in [6.07, 6.45) is 3.62. The topological polar surface area (TPSA) is 33.0 Å². The van der Waals surface area contributed by atoms with Gasteiger partial charge in [-0.3, -0.25) is 0 Å². The lowest BCUT2D eigenvalue weighted by atomic mass is 9.90. The van der Waals surface area contributed by atoms with Crippen LogP contribution in [0, 0.1) is 11.3 Å². The summed E-state index contributed by atoms with van der Waals surface area (Å²) in [5.41, 5.74) is 4.12. The molecule has 0 N–H and O–H groups in total. The molecule has 114 valence electrons. The number of hydrogen-bond donors (Lipinski definition) is 0. The van der Waals surface area contributed by atoms with Crippen LogP contribution in [0.25, 0.3) is 5.57 Å². The highest BCUT2D eigenvalue weighted by atomic mass is 16.5. The smallest absolute Gasteiger partial charge is 0.111 e. The molecule has 2 nitrogen and oxygen atoms in total. The van der Waals surface area contributed by atoms with Crippen LogP contribution in [0.3, 0.4) is 0 Å². The zero-order chi connectivity index (χ0) is 16.1. The lowest BCUT2D eigenvalue weighted by Crippen LogP contribution is -2.06. The average Bonchev–Trinajstić information content (AvgIpc) is 2.82. The molecule has 0 saturated heterocycles. The Hall–Kier alpha value is -2.79. The summed E-state index contributed by atoms with van der Waals surface area (Å²) in [6.45, 7) is 0. The van der Waals surface area contributed by atoms with Crippen LogP contribution in [0.15, 0.2) is 78.1 Å². The second-order valence-corrected chi connectivity index (χ2v) is 5.63. The minimum absolute atomic E-state index is 0.165. The summed E-state index contributed by atoms with van der Waals surface area (Å²) >= 11 is 0. The van der Waals surface area contributed by atoms with Crippen LogP contribution in [0.4, 0.5) is 0 Å². The van der Waals surface area contributed by atoms with E-state index in [4.69, 9.17) is 4.74 Å². The lowest BCUT2D eigenvalue weighted by molar-refractivity contribution is 0.264. The summed E-state index contributed by atoms with van der Waals surface area (Å²) in [7, 11) is 1.72. The van der Waals surface area contributed by atoms with Crippen LogP contribution >= 0.6 is 0 Å². The summed E-state index contributed by atoms with van der Waals surface area (Å²) < 4.78 is 5.82. The van der Waals surface area contributed by atoms with Gasteiger partial charge >= 0.3 is 0 Å². The minimum Gasteiger partial charge on any atom is -0.500 e. The van der Waals surface area contributed by atoms with Crippen molar-refractivity contribution >= 4 is 5.57 Å². The Morgan fingerprint density at radius 1 is 1.00 bits per heavy atom. The molecular formula is C21H19NO. The maximum Gasteiger partial charge on any atom is 0.111 e. The number of nitrogens with zero attached hydrogens (tertiary/aromatic N) is 1. The number of nitriles is 1. The SMILES string of the molecule is COC1=C(c2ccccc2)C=C(C#N)CCC1c1ccccc1. The van der Waals surface area contributed by atoms with Crippen molar-refractivity contribution in [2.75, 3.05) is 7.11 Å². The van der Waals surface area contributed by atoms with Crippen LogP contribution in [0.2, 0.25) is 0 Å². The molecule has 0 radical (unpaired) electrons. The third-order valence-corrected chi connectivity index (χ3v) is 4.25. The molecule has 0 aromatic heterocycles. The number of ether oxygens (including phenoxy) is 1. The van der Waals surface area contributed by atoms with Crippen molar-refractivity contribution in [1.82, 2.24) is 0 Å². The fourth-order valence-corrected chi connectivity index (χ4v) is 3.12. The Labute approximate surface area is 137 Å². The van der Waals surface area contributed by atoms with Gasteiger partial charge in [-0.1, -0.05) is 60.7 Å². The molecule has 23 heavy (non-hydrogen) atoms. The van der Waals surface area contributed by atoms with Crippen molar-refractivity contribution in [2.45, 2.75) is 18.8 Å². The Morgan fingerprint density at radius 2 is 1.65 bits per heavy atom. The van der Waals surface area contributed by atoms with E-state index < -0.39 is 0 Å². The third kappa shape index (κ3) is 3.19. The fraction of sp³-hybridized carbons (Fsp3) is 0.190. The van der Waals surface area contributed by atoms with Crippen LogP contribution in [0.5, 0.6) is 0 Å². The lowest BCUT2D eigenvalue weighted by Gasteiger charge is -2.21. The van der Waals surface area contributed by atoms with Crippen molar-refractivity contribution in [3.63, 3.8) is 0 Å². The maximum atomic E-state index is 9.41. The van der Waals surface area contributed by atoms with Gasteiger partial charge in [0, 0.05) is 17.1 Å². The summed E-state index contributed by atoms with van der Waals surface area (Å²) in [6, 6.07) is 22.9. The molecule has 0 spiro atoms. The highest BCUT2D eigenvalue weighted by Gasteiger charge is 2.25. The second-order valence-electron chi connectivity index (χ2n) is 5.63.